The van der Waals surface area contributed by atoms with Crippen molar-refractivity contribution in [3.05, 3.63) is 83.5 Å². The number of anilines is 3. The Morgan fingerprint density at radius 1 is 1.03 bits per heavy atom. The Bertz CT molecular complexity index is 1300. The minimum atomic E-state index is -0.594. The lowest BCUT2D eigenvalue weighted by Gasteiger charge is -2.20. The number of nitrogens with zero attached hydrogens (tertiary/aromatic N) is 4. The zero-order chi connectivity index (χ0) is 21.7. The molecule has 1 unspecified atom stereocenters. The second kappa shape index (κ2) is 6.98. The van der Waals surface area contributed by atoms with Crippen LogP contribution >= 0.6 is 0 Å². The van der Waals surface area contributed by atoms with E-state index in [4.69, 9.17) is 0 Å². The number of fused-ring (bicyclic) bond motifs is 3. The van der Waals surface area contributed by atoms with E-state index in [1.54, 1.807) is 17.2 Å². The maximum Gasteiger partial charge on any atom is 0.273 e. The van der Waals surface area contributed by atoms with Crippen molar-refractivity contribution in [1.82, 2.24) is 19.9 Å². The van der Waals surface area contributed by atoms with Gasteiger partial charge >= 0.3 is 0 Å². The van der Waals surface area contributed by atoms with Gasteiger partial charge in [-0.2, -0.15) is 0 Å². The Labute approximate surface area is 184 Å². The summed E-state index contributed by atoms with van der Waals surface area (Å²) in [6.45, 7) is 1.20. The Kier molecular flexibility index (Phi) is 4.07. The fourth-order valence-electron chi connectivity index (χ4n) is 4.84. The van der Waals surface area contributed by atoms with Crippen molar-refractivity contribution >= 4 is 29.1 Å². The van der Waals surface area contributed by atoms with Crippen LogP contribution in [0.3, 0.4) is 0 Å². The third-order valence-corrected chi connectivity index (χ3v) is 6.44. The molecular formula is C24H20N6O2. The zero-order valence-electron chi connectivity index (χ0n) is 17.2. The third-order valence-electron chi connectivity index (χ3n) is 6.44. The average Bonchev–Trinajstić information content (AvgIpc) is 3.53. The highest BCUT2D eigenvalue weighted by atomic mass is 16.2. The predicted octanol–water partition coefficient (Wildman–Crippen LogP) is 2.62. The van der Waals surface area contributed by atoms with Crippen LogP contribution in [0.5, 0.6) is 0 Å². The maximum atomic E-state index is 12.9. The SMILES string of the molecule is O=C(c1cc(Nc2ccc3c(c2)CC2(C3)C(=O)Nc3ncccc32)ncn1)N1CC=CC1. The minimum Gasteiger partial charge on any atom is -0.340 e. The maximum absolute atomic E-state index is 12.9. The molecule has 0 radical (unpaired) electrons. The van der Waals surface area contributed by atoms with Gasteiger partial charge in [-0.15, -0.1) is 0 Å². The van der Waals surface area contributed by atoms with Crippen molar-refractivity contribution in [2.24, 2.45) is 0 Å². The Balaban J connectivity index is 1.25. The number of amides is 2. The van der Waals surface area contributed by atoms with Crippen molar-refractivity contribution in [1.29, 1.82) is 0 Å². The van der Waals surface area contributed by atoms with E-state index in [2.05, 4.69) is 37.7 Å². The van der Waals surface area contributed by atoms with Crippen LogP contribution in [-0.4, -0.2) is 44.8 Å². The largest absolute Gasteiger partial charge is 0.340 e. The number of nitrogens with one attached hydrogen (secondary N) is 2. The highest BCUT2D eigenvalue weighted by Crippen LogP contribution is 2.47. The van der Waals surface area contributed by atoms with Gasteiger partial charge in [0.25, 0.3) is 5.91 Å². The quantitative estimate of drug-likeness (QED) is 0.627. The first-order valence-corrected chi connectivity index (χ1v) is 10.5. The first-order chi connectivity index (χ1) is 15.6. The zero-order valence-corrected chi connectivity index (χ0v) is 17.2. The number of rotatable bonds is 3. The fraction of sp³-hybridized carbons (Fsp3) is 0.208. The Hall–Kier alpha value is -4.07. The van der Waals surface area contributed by atoms with E-state index in [0.29, 0.717) is 43.3 Å². The molecule has 1 aromatic carbocycles. The van der Waals surface area contributed by atoms with Crippen molar-refractivity contribution in [2.45, 2.75) is 18.3 Å². The molecule has 8 heteroatoms. The first-order valence-electron chi connectivity index (χ1n) is 10.5. The van der Waals surface area contributed by atoms with Crippen molar-refractivity contribution in [3.63, 3.8) is 0 Å². The monoisotopic (exact) mass is 424 g/mol. The molecule has 0 saturated carbocycles. The van der Waals surface area contributed by atoms with Gasteiger partial charge in [-0.3, -0.25) is 9.59 Å². The van der Waals surface area contributed by atoms with E-state index >= 15 is 0 Å². The smallest absolute Gasteiger partial charge is 0.273 e. The second-order valence-electron chi connectivity index (χ2n) is 8.37. The van der Waals surface area contributed by atoms with Crippen LogP contribution in [0.4, 0.5) is 17.3 Å². The van der Waals surface area contributed by atoms with Gasteiger partial charge in [0.1, 0.15) is 23.7 Å². The summed E-state index contributed by atoms with van der Waals surface area (Å²) in [5.74, 6) is 1.11. The molecule has 158 valence electrons. The Morgan fingerprint density at radius 3 is 2.75 bits per heavy atom. The topological polar surface area (TPSA) is 100 Å². The van der Waals surface area contributed by atoms with E-state index in [9.17, 15) is 9.59 Å². The molecule has 0 bridgehead atoms. The number of carbonyl (C=O) groups is 2. The van der Waals surface area contributed by atoms with Gasteiger partial charge in [0.05, 0.1) is 5.41 Å². The molecule has 1 spiro atoms. The lowest BCUT2D eigenvalue weighted by atomic mass is 9.79. The highest BCUT2D eigenvalue weighted by Gasteiger charge is 2.51. The number of hydrogen-bond donors (Lipinski definition) is 2. The molecule has 3 aromatic rings. The molecule has 1 atom stereocenters. The van der Waals surface area contributed by atoms with Crippen molar-refractivity contribution < 1.29 is 9.59 Å². The van der Waals surface area contributed by atoms with E-state index in [1.807, 2.05) is 30.4 Å². The summed E-state index contributed by atoms with van der Waals surface area (Å²) in [6.07, 6.45) is 8.31. The van der Waals surface area contributed by atoms with E-state index in [-0.39, 0.29) is 11.8 Å². The summed E-state index contributed by atoms with van der Waals surface area (Å²) in [7, 11) is 0. The molecule has 6 rings (SSSR count). The number of benzene rings is 1. The van der Waals surface area contributed by atoms with E-state index < -0.39 is 5.41 Å². The number of hydrogen-bond acceptors (Lipinski definition) is 6. The van der Waals surface area contributed by atoms with Crippen LogP contribution in [0.2, 0.25) is 0 Å². The summed E-state index contributed by atoms with van der Waals surface area (Å²) in [6, 6.07) is 11.6. The molecule has 8 nitrogen and oxygen atoms in total. The third kappa shape index (κ3) is 2.87. The summed E-state index contributed by atoms with van der Waals surface area (Å²) in [5, 5.41) is 6.21. The van der Waals surface area contributed by atoms with Crippen LogP contribution in [-0.2, 0) is 23.1 Å². The van der Waals surface area contributed by atoms with Crippen LogP contribution in [0.1, 0.15) is 27.2 Å². The molecule has 3 aliphatic rings. The van der Waals surface area contributed by atoms with Gasteiger partial charge < -0.3 is 15.5 Å². The molecule has 32 heavy (non-hydrogen) atoms. The number of carbonyl (C=O) groups excluding carboxylic acids is 2. The summed E-state index contributed by atoms with van der Waals surface area (Å²) in [4.78, 5) is 39.9. The normalized spacial score (nSPS) is 20.4. The van der Waals surface area contributed by atoms with Crippen LogP contribution in [0, 0.1) is 0 Å². The minimum absolute atomic E-state index is 0.00673. The van der Waals surface area contributed by atoms with Crippen LogP contribution in [0.15, 0.2) is 61.1 Å². The van der Waals surface area contributed by atoms with E-state index in [0.717, 1.165) is 22.4 Å². The highest BCUT2D eigenvalue weighted by molar-refractivity contribution is 6.06. The average molecular weight is 424 g/mol. The van der Waals surface area contributed by atoms with Crippen LogP contribution < -0.4 is 10.6 Å². The van der Waals surface area contributed by atoms with Crippen molar-refractivity contribution in [2.75, 3.05) is 23.7 Å². The molecule has 2 N–H and O–H groups in total. The van der Waals surface area contributed by atoms with Gasteiger partial charge in [-0.25, -0.2) is 15.0 Å². The molecule has 2 aliphatic heterocycles. The first kappa shape index (κ1) is 18.7. The predicted molar refractivity (Wildman–Crippen MR) is 119 cm³/mol. The van der Waals surface area contributed by atoms with Gasteiger partial charge in [0.2, 0.25) is 5.91 Å². The Morgan fingerprint density at radius 2 is 1.88 bits per heavy atom. The lowest BCUT2D eigenvalue weighted by molar-refractivity contribution is -0.120. The molecule has 0 fully saturated rings. The molecule has 2 amide bonds. The molecule has 1 aliphatic carbocycles. The van der Waals surface area contributed by atoms with Gasteiger partial charge in [0, 0.05) is 36.6 Å². The summed E-state index contributed by atoms with van der Waals surface area (Å²) in [5.41, 5.74) is 3.86. The van der Waals surface area contributed by atoms with Gasteiger partial charge in [0.15, 0.2) is 0 Å². The number of pyridine rings is 1. The molecule has 0 saturated heterocycles. The second-order valence-corrected chi connectivity index (χ2v) is 8.37. The van der Waals surface area contributed by atoms with Gasteiger partial charge in [-0.1, -0.05) is 24.3 Å². The number of aromatic nitrogens is 3. The van der Waals surface area contributed by atoms with Crippen molar-refractivity contribution in [3.8, 4) is 0 Å². The summed E-state index contributed by atoms with van der Waals surface area (Å²) >= 11 is 0. The van der Waals surface area contributed by atoms with E-state index in [1.165, 1.54) is 6.33 Å². The molecular weight excluding hydrogens is 404 g/mol. The molecule has 4 heterocycles. The molecule has 2 aromatic heterocycles. The fourth-order valence-corrected chi connectivity index (χ4v) is 4.84. The van der Waals surface area contributed by atoms with Crippen LogP contribution in [0.25, 0.3) is 0 Å². The lowest BCUT2D eigenvalue weighted by Crippen LogP contribution is -2.35. The van der Waals surface area contributed by atoms with Gasteiger partial charge in [-0.05, 0) is 42.2 Å². The summed E-state index contributed by atoms with van der Waals surface area (Å²) < 4.78 is 0. The standard InChI is InChI=1S/C24H20N6O2/c31-22(30-8-1-2-9-30)19-11-20(27-14-26-19)28-17-6-5-15-12-24(13-16(15)10-17)18-4-3-7-25-21(18)29-23(24)32/h1-7,10-11,14H,8-9,12-13H2,(H,25,29,32)(H,26,27,28).